The van der Waals surface area contributed by atoms with E-state index in [-0.39, 0.29) is 6.10 Å². The molecule has 0 saturated heterocycles. The number of rotatable bonds is 4. The van der Waals surface area contributed by atoms with Gasteiger partial charge in [0, 0.05) is 6.08 Å². The lowest BCUT2D eigenvalue weighted by Crippen LogP contribution is -2.11. The Balaban J connectivity index is 1.76. The molecule has 0 saturated carbocycles. The summed E-state index contributed by atoms with van der Waals surface area (Å²) in [5.41, 5.74) is 2.35. The van der Waals surface area contributed by atoms with E-state index in [0.717, 1.165) is 17.3 Å². The highest BCUT2D eigenvalue weighted by molar-refractivity contribution is 5.34. The molecule has 0 amide bonds. The lowest BCUT2D eigenvalue weighted by atomic mass is 10.2. The molecule has 0 heterocycles. The molecule has 0 aromatic heterocycles. The largest absolute Gasteiger partial charge is 0.482 e. The van der Waals surface area contributed by atoms with E-state index < -0.39 is 0 Å². The molecule has 1 unspecified atom stereocenters. The Morgan fingerprint density at radius 3 is 2.26 bits per heavy atom. The van der Waals surface area contributed by atoms with Crippen LogP contribution in [0.3, 0.4) is 0 Å². The minimum Gasteiger partial charge on any atom is -0.482 e. The van der Waals surface area contributed by atoms with E-state index in [2.05, 4.69) is 26.0 Å². The van der Waals surface area contributed by atoms with Gasteiger partial charge in [0.15, 0.2) is 0 Å². The Hall–Kier alpha value is -2.74. The fraction of sp³-hybridized carbons (Fsp3) is 0.143. The van der Waals surface area contributed by atoms with Gasteiger partial charge in [-0.1, -0.05) is 36.4 Å². The molecular weight excluding hydrogens is 284 g/mol. The third kappa shape index (κ3) is 4.36. The van der Waals surface area contributed by atoms with Crippen molar-refractivity contribution in [1.82, 2.24) is 0 Å². The van der Waals surface area contributed by atoms with Gasteiger partial charge in [-0.2, -0.15) is 0 Å². The minimum absolute atomic E-state index is 0.161. The Bertz CT molecular complexity index is 769. The maximum Gasteiger partial charge on any atom is 0.139 e. The van der Waals surface area contributed by atoms with Crippen molar-refractivity contribution in [2.45, 2.75) is 20.0 Å². The topological polar surface area (TPSA) is 18.5 Å². The number of ether oxygens (including phenoxy) is 2. The van der Waals surface area contributed by atoms with Crippen LogP contribution < -0.4 is 9.47 Å². The van der Waals surface area contributed by atoms with Crippen molar-refractivity contribution in [3.8, 4) is 11.5 Å². The predicted octanol–water partition coefficient (Wildman–Crippen LogP) is 5.14. The average Bonchev–Trinajstić information content (AvgIpc) is 2.72. The van der Waals surface area contributed by atoms with Crippen molar-refractivity contribution in [3.63, 3.8) is 0 Å². The van der Waals surface area contributed by atoms with Crippen LogP contribution in [-0.2, 0) is 0 Å². The summed E-state index contributed by atoms with van der Waals surface area (Å²) in [6, 6.07) is 16.1. The molecule has 3 rings (SSSR count). The average molecular weight is 304 g/mol. The van der Waals surface area contributed by atoms with Gasteiger partial charge in [0.1, 0.15) is 23.4 Å². The smallest absolute Gasteiger partial charge is 0.139 e. The molecule has 0 bridgehead atoms. The number of aryl methyl sites for hydroxylation is 2. The highest BCUT2D eigenvalue weighted by Gasteiger charge is 2.09. The van der Waals surface area contributed by atoms with Crippen LogP contribution in [0.1, 0.15) is 11.1 Å². The van der Waals surface area contributed by atoms with E-state index >= 15 is 0 Å². The predicted molar refractivity (Wildman–Crippen MR) is 93.8 cm³/mol. The van der Waals surface area contributed by atoms with Crippen molar-refractivity contribution in [2.75, 3.05) is 0 Å². The number of allylic oxidation sites excluding steroid dienone is 3. The maximum absolute atomic E-state index is 6.02. The molecule has 0 N–H and O–H groups in total. The van der Waals surface area contributed by atoms with Gasteiger partial charge in [0.25, 0.3) is 0 Å². The SMILES string of the molecule is Cc1cccc(OC2=CC(Oc3cccc(C)c3)C=CC=C2)c1. The Labute approximate surface area is 137 Å². The molecule has 0 aliphatic heterocycles. The summed E-state index contributed by atoms with van der Waals surface area (Å²) in [5.74, 6) is 2.46. The van der Waals surface area contributed by atoms with E-state index in [1.165, 1.54) is 11.1 Å². The summed E-state index contributed by atoms with van der Waals surface area (Å²) < 4.78 is 12.0. The van der Waals surface area contributed by atoms with Crippen LogP contribution in [0, 0.1) is 13.8 Å². The summed E-state index contributed by atoms with van der Waals surface area (Å²) in [6.45, 7) is 4.11. The molecule has 0 fully saturated rings. The second-order valence-corrected chi connectivity index (χ2v) is 5.63. The van der Waals surface area contributed by atoms with Gasteiger partial charge in [-0.25, -0.2) is 0 Å². The number of benzene rings is 2. The van der Waals surface area contributed by atoms with E-state index in [9.17, 15) is 0 Å². The second kappa shape index (κ2) is 7.01. The summed E-state index contributed by atoms with van der Waals surface area (Å²) in [5, 5.41) is 0. The summed E-state index contributed by atoms with van der Waals surface area (Å²) in [6.07, 6.45) is 9.70. The summed E-state index contributed by atoms with van der Waals surface area (Å²) in [4.78, 5) is 0. The molecule has 0 spiro atoms. The first-order chi connectivity index (χ1) is 11.2. The van der Waals surface area contributed by atoms with E-state index in [4.69, 9.17) is 9.47 Å². The molecular formula is C21H20O2. The molecule has 1 atom stereocenters. The first-order valence-corrected chi connectivity index (χ1v) is 7.73. The van der Waals surface area contributed by atoms with Crippen LogP contribution in [0.5, 0.6) is 11.5 Å². The van der Waals surface area contributed by atoms with Crippen molar-refractivity contribution in [3.05, 3.63) is 95.8 Å². The van der Waals surface area contributed by atoms with Gasteiger partial charge < -0.3 is 9.47 Å². The lowest BCUT2D eigenvalue weighted by molar-refractivity contribution is 0.290. The quantitative estimate of drug-likeness (QED) is 0.778. The zero-order valence-corrected chi connectivity index (χ0v) is 13.4. The summed E-state index contributed by atoms with van der Waals surface area (Å²) >= 11 is 0. The van der Waals surface area contributed by atoms with Crippen molar-refractivity contribution in [1.29, 1.82) is 0 Å². The Morgan fingerprint density at radius 2 is 1.52 bits per heavy atom. The van der Waals surface area contributed by atoms with Gasteiger partial charge in [-0.05, 0) is 61.4 Å². The van der Waals surface area contributed by atoms with Crippen LogP contribution in [0.15, 0.2) is 84.7 Å². The molecule has 23 heavy (non-hydrogen) atoms. The molecule has 116 valence electrons. The first-order valence-electron chi connectivity index (χ1n) is 7.73. The van der Waals surface area contributed by atoms with Gasteiger partial charge in [-0.15, -0.1) is 0 Å². The van der Waals surface area contributed by atoms with Crippen LogP contribution >= 0.6 is 0 Å². The summed E-state index contributed by atoms with van der Waals surface area (Å²) in [7, 11) is 0. The zero-order valence-electron chi connectivity index (χ0n) is 13.4. The Morgan fingerprint density at radius 1 is 0.826 bits per heavy atom. The van der Waals surface area contributed by atoms with Crippen molar-refractivity contribution in [2.24, 2.45) is 0 Å². The highest BCUT2D eigenvalue weighted by atomic mass is 16.5. The first kappa shape index (κ1) is 15.2. The molecule has 1 aliphatic carbocycles. The standard InChI is InChI=1S/C21H20O2/c1-16-7-5-11-18(13-16)22-20-9-3-4-10-21(15-20)23-19-12-6-8-17(2)14-19/h3-15,20H,1-2H3. The molecule has 2 aromatic carbocycles. The second-order valence-electron chi connectivity index (χ2n) is 5.63. The van der Waals surface area contributed by atoms with Crippen LogP contribution in [0.4, 0.5) is 0 Å². The zero-order chi connectivity index (χ0) is 16.1. The van der Waals surface area contributed by atoms with Crippen molar-refractivity contribution >= 4 is 0 Å². The molecule has 2 aromatic rings. The van der Waals surface area contributed by atoms with Gasteiger partial charge in [-0.3, -0.25) is 0 Å². The number of hydrogen-bond donors (Lipinski definition) is 0. The van der Waals surface area contributed by atoms with E-state index in [1.54, 1.807) is 0 Å². The maximum atomic E-state index is 6.02. The normalized spacial score (nSPS) is 16.6. The van der Waals surface area contributed by atoms with Gasteiger partial charge >= 0.3 is 0 Å². The third-order valence-corrected chi connectivity index (χ3v) is 3.49. The number of hydrogen-bond acceptors (Lipinski definition) is 2. The molecule has 0 radical (unpaired) electrons. The fourth-order valence-corrected chi connectivity index (χ4v) is 2.40. The van der Waals surface area contributed by atoms with Crippen LogP contribution in [-0.4, -0.2) is 6.10 Å². The monoisotopic (exact) mass is 304 g/mol. The van der Waals surface area contributed by atoms with Crippen LogP contribution in [0.25, 0.3) is 0 Å². The van der Waals surface area contributed by atoms with Crippen LogP contribution in [0.2, 0.25) is 0 Å². The van der Waals surface area contributed by atoms with Crippen molar-refractivity contribution < 1.29 is 9.47 Å². The van der Waals surface area contributed by atoms with Gasteiger partial charge in [0.05, 0.1) is 0 Å². The third-order valence-electron chi connectivity index (χ3n) is 3.49. The molecule has 2 nitrogen and oxygen atoms in total. The lowest BCUT2D eigenvalue weighted by Gasteiger charge is -2.14. The highest BCUT2D eigenvalue weighted by Crippen LogP contribution is 2.20. The van der Waals surface area contributed by atoms with E-state index in [1.807, 2.05) is 66.8 Å². The van der Waals surface area contributed by atoms with E-state index in [0.29, 0.717) is 0 Å². The van der Waals surface area contributed by atoms with Gasteiger partial charge in [0.2, 0.25) is 0 Å². The fourth-order valence-electron chi connectivity index (χ4n) is 2.40. The molecule has 1 aliphatic rings. The Kier molecular flexibility index (Phi) is 4.62. The minimum atomic E-state index is -0.161. The molecule has 2 heteroatoms.